The third kappa shape index (κ3) is 2.68. The molecule has 78 valence electrons. The quantitative estimate of drug-likeness (QED) is 0.687. The highest BCUT2D eigenvalue weighted by Crippen LogP contribution is 2.31. The predicted octanol–water partition coefficient (Wildman–Crippen LogP) is 2.07. The molecule has 1 saturated carbocycles. The average Bonchev–Trinajstić information content (AvgIpc) is 2.11. The number of aliphatic hydroxyl groups is 1. The molecule has 0 saturated heterocycles. The molecule has 0 aromatic rings. The molecule has 2 heteroatoms. The summed E-state index contributed by atoms with van der Waals surface area (Å²) >= 11 is 0. The van der Waals surface area contributed by atoms with Crippen LogP contribution in [-0.2, 0) is 0 Å². The van der Waals surface area contributed by atoms with Crippen LogP contribution < -0.4 is 5.32 Å². The fraction of sp³-hybridized carbons (Fsp3) is 1.00. The van der Waals surface area contributed by atoms with Crippen molar-refractivity contribution in [2.75, 3.05) is 6.54 Å². The summed E-state index contributed by atoms with van der Waals surface area (Å²) in [6.07, 6.45) is 5.53. The van der Waals surface area contributed by atoms with Crippen molar-refractivity contribution in [3.8, 4) is 0 Å². The molecule has 0 spiro atoms. The van der Waals surface area contributed by atoms with Crippen molar-refractivity contribution in [3.05, 3.63) is 0 Å². The lowest BCUT2D eigenvalue weighted by atomic mass is 9.78. The highest BCUT2D eigenvalue weighted by atomic mass is 16.3. The largest absolute Gasteiger partial charge is 0.389 e. The summed E-state index contributed by atoms with van der Waals surface area (Å²) in [4.78, 5) is 0. The van der Waals surface area contributed by atoms with Crippen LogP contribution in [0.1, 0.15) is 52.9 Å². The molecule has 0 atom stereocenters. The average molecular weight is 185 g/mol. The molecule has 0 amide bonds. The SMILES string of the molecule is CCC(O)(CC)CNC1(C)CCC1. The van der Waals surface area contributed by atoms with E-state index in [1.165, 1.54) is 19.3 Å². The van der Waals surface area contributed by atoms with Gasteiger partial charge in [0.15, 0.2) is 0 Å². The number of hydrogen-bond donors (Lipinski definition) is 2. The van der Waals surface area contributed by atoms with E-state index in [0.717, 1.165) is 19.4 Å². The van der Waals surface area contributed by atoms with Crippen LogP contribution in [0.3, 0.4) is 0 Å². The summed E-state index contributed by atoms with van der Waals surface area (Å²) in [5.74, 6) is 0. The van der Waals surface area contributed by atoms with E-state index in [2.05, 4.69) is 12.2 Å². The Morgan fingerprint density at radius 3 is 2.15 bits per heavy atom. The van der Waals surface area contributed by atoms with Gasteiger partial charge in [-0.25, -0.2) is 0 Å². The molecular formula is C11H23NO. The fourth-order valence-electron chi connectivity index (χ4n) is 1.76. The smallest absolute Gasteiger partial charge is 0.0766 e. The highest BCUT2D eigenvalue weighted by Gasteiger charge is 2.33. The Hall–Kier alpha value is -0.0800. The van der Waals surface area contributed by atoms with Gasteiger partial charge >= 0.3 is 0 Å². The summed E-state index contributed by atoms with van der Waals surface area (Å²) in [6, 6.07) is 0. The van der Waals surface area contributed by atoms with Gasteiger partial charge in [0.25, 0.3) is 0 Å². The van der Waals surface area contributed by atoms with Gasteiger partial charge in [-0.3, -0.25) is 0 Å². The first-order valence-corrected chi connectivity index (χ1v) is 5.51. The number of rotatable bonds is 5. The van der Waals surface area contributed by atoms with Crippen LogP contribution >= 0.6 is 0 Å². The Morgan fingerprint density at radius 2 is 1.85 bits per heavy atom. The Balaban J connectivity index is 2.31. The minimum Gasteiger partial charge on any atom is -0.389 e. The van der Waals surface area contributed by atoms with E-state index in [0.29, 0.717) is 5.54 Å². The minimum absolute atomic E-state index is 0.318. The molecule has 1 fully saturated rings. The summed E-state index contributed by atoms with van der Waals surface area (Å²) in [7, 11) is 0. The van der Waals surface area contributed by atoms with Gasteiger partial charge in [-0.1, -0.05) is 13.8 Å². The molecule has 1 rings (SSSR count). The van der Waals surface area contributed by atoms with Crippen LogP contribution in [0.2, 0.25) is 0 Å². The lowest BCUT2D eigenvalue weighted by Crippen LogP contribution is -2.53. The van der Waals surface area contributed by atoms with E-state index >= 15 is 0 Å². The van der Waals surface area contributed by atoms with E-state index in [-0.39, 0.29) is 0 Å². The third-order valence-electron chi connectivity index (χ3n) is 3.62. The third-order valence-corrected chi connectivity index (χ3v) is 3.62. The van der Waals surface area contributed by atoms with Crippen LogP contribution in [-0.4, -0.2) is 22.8 Å². The number of hydrogen-bond acceptors (Lipinski definition) is 2. The van der Waals surface area contributed by atoms with Crippen molar-refractivity contribution in [2.24, 2.45) is 0 Å². The first kappa shape index (κ1) is 11.0. The Bertz CT molecular complexity index is 159. The molecule has 0 aromatic heterocycles. The molecule has 0 radical (unpaired) electrons. The summed E-state index contributed by atoms with van der Waals surface area (Å²) in [5.41, 5.74) is -0.170. The van der Waals surface area contributed by atoms with Crippen LogP contribution in [0, 0.1) is 0 Å². The van der Waals surface area contributed by atoms with Crippen molar-refractivity contribution >= 4 is 0 Å². The molecule has 13 heavy (non-hydrogen) atoms. The highest BCUT2D eigenvalue weighted by molar-refractivity contribution is 4.93. The van der Waals surface area contributed by atoms with E-state index < -0.39 is 5.60 Å². The summed E-state index contributed by atoms with van der Waals surface area (Å²) in [6.45, 7) is 7.10. The second kappa shape index (κ2) is 3.97. The summed E-state index contributed by atoms with van der Waals surface area (Å²) in [5, 5.41) is 13.5. The van der Waals surface area contributed by atoms with E-state index in [1.807, 2.05) is 13.8 Å². The van der Waals surface area contributed by atoms with Crippen LogP contribution in [0.25, 0.3) is 0 Å². The maximum atomic E-state index is 10.0. The maximum Gasteiger partial charge on any atom is 0.0766 e. The molecular weight excluding hydrogens is 162 g/mol. The monoisotopic (exact) mass is 185 g/mol. The van der Waals surface area contributed by atoms with Gasteiger partial charge in [0.05, 0.1) is 5.60 Å². The first-order valence-electron chi connectivity index (χ1n) is 5.51. The molecule has 1 aliphatic rings. The molecule has 0 aromatic carbocycles. The normalized spacial score (nSPS) is 21.2. The Kier molecular flexibility index (Phi) is 3.36. The van der Waals surface area contributed by atoms with E-state index in [1.54, 1.807) is 0 Å². The van der Waals surface area contributed by atoms with Gasteiger partial charge in [0, 0.05) is 12.1 Å². The number of β-amino-alcohol motifs (C(OH)–C–C–N with tert-alkyl or cyclic N) is 1. The Morgan fingerprint density at radius 1 is 1.31 bits per heavy atom. The second-order valence-corrected chi connectivity index (χ2v) is 4.70. The zero-order valence-corrected chi connectivity index (χ0v) is 9.19. The molecule has 0 bridgehead atoms. The Labute approximate surface area is 81.7 Å². The van der Waals surface area contributed by atoms with Crippen LogP contribution in [0.15, 0.2) is 0 Å². The topological polar surface area (TPSA) is 32.3 Å². The van der Waals surface area contributed by atoms with Gasteiger partial charge in [0.1, 0.15) is 0 Å². The first-order chi connectivity index (χ1) is 6.04. The van der Waals surface area contributed by atoms with Crippen molar-refractivity contribution in [1.29, 1.82) is 0 Å². The van der Waals surface area contributed by atoms with Crippen molar-refractivity contribution in [1.82, 2.24) is 5.32 Å². The van der Waals surface area contributed by atoms with Gasteiger partial charge in [-0.05, 0) is 39.0 Å². The van der Waals surface area contributed by atoms with Gasteiger partial charge in [0.2, 0.25) is 0 Å². The van der Waals surface area contributed by atoms with Crippen molar-refractivity contribution in [3.63, 3.8) is 0 Å². The van der Waals surface area contributed by atoms with Gasteiger partial charge in [-0.2, -0.15) is 0 Å². The molecule has 2 nitrogen and oxygen atoms in total. The minimum atomic E-state index is -0.487. The zero-order chi connectivity index (χ0) is 9.95. The van der Waals surface area contributed by atoms with Gasteiger partial charge in [-0.15, -0.1) is 0 Å². The van der Waals surface area contributed by atoms with Gasteiger partial charge < -0.3 is 10.4 Å². The van der Waals surface area contributed by atoms with Crippen LogP contribution in [0.4, 0.5) is 0 Å². The predicted molar refractivity (Wildman–Crippen MR) is 55.8 cm³/mol. The lowest BCUT2D eigenvalue weighted by Gasteiger charge is -2.42. The molecule has 0 heterocycles. The van der Waals surface area contributed by atoms with Crippen molar-refractivity contribution in [2.45, 2.75) is 64.0 Å². The standard InChI is InChI=1S/C11H23NO/c1-4-11(13,5-2)9-12-10(3)7-6-8-10/h12-13H,4-9H2,1-3H3. The second-order valence-electron chi connectivity index (χ2n) is 4.70. The maximum absolute atomic E-state index is 10.0. The molecule has 2 N–H and O–H groups in total. The molecule has 1 aliphatic carbocycles. The zero-order valence-electron chi connectivity index (χ0n) is 9.19. The lowest BCUT2D eigenvalue weighted by molar-refractivity contribution is 0.0183. The van der Waals surface area contributed by atoms with Crippen LogP contribution in [0.5, 0.6) is 0 Å². The molecule has 0 aliphatic heterocycles. The van der Waals surface area contributed by atoms with Crippen molar-refractivity contribution < 1.29 is 5.11 Å². The van der Waals surface area contributed by atoms with E-state index in [4.69, 9.17) is 0 Å². The summed E-state index contributed by atoms with van der Waals surface area (Å²) < 4.78 is 0. The van der Waals surface area contributed by atoms with E-state index in [9.17, 15) is 5.11 Å². The number of nitrogens with one attached hydrogen (secondary N) is 1. The molecule has 0 unspecified atom stereocenters. The fourth-order valence-corrected chi connectivity index (χ4v) is 1.76.